The van der Waals surface area contributed by atoms with Crippen LogP contribution in [0.1, 0.15) is 35.6 Å². The van der Waals surface area contributed by atoms with Gasteiger partial charge in [-0.3, -0.25) is 4.98 Å². The van der Waals surface area contributed by atoms with Gasteiger partial charge in [-0.2, -0.15) is 0 Å². The average molecular weight is 254 g/mol. The van der Waals surface area contributed by atoms with Gasteiger partial charge in [0.1, 0.15) is 11.6 Å². The molecule has 1 aliphatic rings. The highest BCUT2D eigenvalue weighted by Gasteiger charge is 2.17. The van der Waals surface area contributed by atoms with Crippen molar-refractivity contribution in [1.29, 1.82) is 0 Å². The quantitative estimate of drug-likeness (QED) is 0.913. The zero-order chi connectivity index (χ0) is 13.1. The van der Waals surface area contributed by atoms with Gasteiger partial charge in [0.15, 0.2) is 0 Å². The fraction of sp³-hybridized carbons (Fsp3) is 0.400. The Labute approximate surface area is 113 Å². The van der Waals surface area contributed by atoms with E-state index in [4.69, 9.17) is 4.98 Å². The molecule has 0 amide bonds. The maximum atomic E-state index is 4.73. The number of hydrogen-bond acceptors (Lipinski definition) is 4. The van der Waals surface area contributed by atoms with Crippen molar-refractivity contribution < 1.29 is 0 Å². The zero-order valence-electron chi connectivity index (χ0n) is 11.2. The number of aryl methyl sites for hydroxylation is 1. The van der Waals surface area contributed by atoms with Crippen LogP contribution < -0.4 is 5.32 Å². The Morgan fingerprint density at radius 1 is 1.16 bits per heavy atom. The summed E-state index contributed by atoms with van der Waals surface area (Å²) in [5.74, 6) is 1.86. The Bertz CT molecular complexity index is 549. The van der Waals surface area contributed by atoms with Crippen molar-refractivity contribution in [3.8, 4) is 0 Å². The molecule has 3 rings (SSSR count). The lowest BCUT2D eigenvalue weighted by atomic mass is 9.96. The summed E-state index contributed by atoms with van der Waals surface area (Å²) in [6.07, 6.45) is 7.15. The van der Waals surface area contributed by atoms with Gasteiger partial charge in [-0.1, -0.05) is 6.07 Å². The lowest BCUT2D eigenvalue weighted by molar-refractivity contribution is 0.657. The Morgan fingerprint density at radius 2 is 2.05 bits per heavy atom. The van der Waals surface area contributed by atoms with Crippen LogP contribution in [0.15, 0.2) is 24.4 Å². The lowest BCUT2D eigenvalue weighted by Gasteiger charge is -2.18. The van der Waals surface area contributed by atoms with Crippen LogP contribution in [-0.4, -0.2) is 22.0 Å². The van der Waals surface area contributed by atoms with Crippen LogP contribution in [0.25, 0.3) is 0 Å². The van der Waals surface area contributed by atoms with Crippen molar-refractivity contribution >= 4 is 5.82 Å². The Morgan fingerprint density at radius 3 is 2.84 bits per heavy atom. The second-order valence-electron chi connectivity index (χ2n) is 4.87. The van der Waals surface area contributed by atoms with Crippen LogP contribution in [0.2, 0.25) is 0 Å². The second-order valence-corrected chi connectivity index (χ2v) is 4.87. The molecule has 0 atom stereocenters. The van der Waals surface area contributed by atoms with Crippen molar-refractivity contribution in [2.75, 3.05) is 12.4 Å². The summed E-state index contributed by atoms with van der Waals surface area (Å²) in [6.45, 7) is 0. The number of aromatic nitrogens is 3. The molecule has 0 unspecified atom stereocenters. The SMILES string of the molecule is CNc1nc(Cc2ccccn2)nc2c1CCCC2. The van der Waals surface area contributed by atoms with Crippen molar-refractivity contribution in [3.63, 3.8) is 0 Å². The van der Waals surface area contributed by atoms with E-state index in [0.717, 1.165) is 30.2 Å². The van der Waals surface area contributed by atoms with E-state index >= 15 is 0 Å². The predicted molar refractivity (Wildman–Crippen MR) is 75.3 cm³/mol. The molecule has 0 spiro atoms. The van der Waals surface area contributed by atoms with Crippen molar-refractivity contribution in [1.82, 2.24) is 15.0 Å². The highest BCUT2D eigenvalue weighted by molar-refractivity contribution is 5.47. The van der Waals surface area contributed by atoms with Crippen LogP contribution in [-0.2, 0) is 19.3 Å². The molecule has 0 bridgehead atoms. The van der Waals surface area contributed by atoms with E-state index in [1.807, 2.05) is 31.4 Å². The van der Waals surface area contributed by atoms with Crippen LogP contribution in [0.3, 0.4) is 0 Å². The smallest absolute Gasteiger partial charge is 0.136 e. The fourth-order valence-electron chi connectivity index (χ4n) is 2.60. The van der Waals surface area contributed by atoms with Gasteiger partial charge < -0.3 is 5.32 Å². The molecule has 1 aliphatic carbocycles. The topological polar surface area (TPSA) is 50.7 Å². The molecule has 2 aromatic rings. The van der Waals surface area contributed by atoms with Gasteiger partial charge in [0, 0.05) is 30.2 Å². The van der Waals surface area contributed by atoms with E-state index in [0.29, 0.717) is 6.42 Å². The minimum Gasteiger partial charge on any atom is -0.373 e. The molecular weight excluding hydrogens is 236 g/mol. The minimum absolute atomic E-state index is 0.697. The third-order valence-electron chi connectivity index (χ3n) is 3.53. The summed E-state index contributed by atoms with van der Waals surface area (Å²) >= 11 is 0. The van der Waals surface area contributed by atoms with Gasteiger partial charge in [-0.05, 0) is 37.8 Å². The molecule has 2 heterocycles. The summed E-state index contributed by atoms with van der Waals surface area (Å²) in [7, 11) is 1.93. The maximum Gasteiger partial charge on any atom is 0.136 e. The molecule has 0 fully saturated rings. The number of anilines is 1. The highest BCUT2D eigenvalue weighted by atomic mass is 15.0. The number of nitrogens with one attached hydrogen (secondary N) is 1. The monoisotopic (exact) mass is 254 g/mol. The Kier molecular flexibility index (Phi) is 3.40. The summed E-state index contributed by atoms with van der Waals surface area (Å²) in [4.78, 5) is 13.7. The number of rotatable bonds is 3. The summed E-state index contributed by atoms with van der Waals surface area (Å²) < 4.78 is 0. The van der Waals surface area contributed by atoms with E-state index in [1.165, 1.54) is 24.1 Å². The van der Waals surface area contributed by atoms with E-state index < -0.39 is 0 Å². The Hall–Kier alpha value is -1.97. The first kappa shape index (κ1) is 12.1. The van der Waals surface area contributed by atoms with Gasteiger partial charge in [0.2, 0.25) is 0 Å². The van der Waals surface area contributed by atoms with Crippen molar-refractivity contribution in [3.05, 3.63) is 47.2 Å². The van der Waals surface area contributed by atoms with E-state index in [1.54, 1.807) is 0 Å². The van der Waals surface area contributed by atoms with Gasteiger partial charge in [-0.15, -0.1) is 0 Å². The molecular formula is C15H18N4. The zero-order valence-corrected chi connectivity index (χ0v) is 11.2. The highest BCUT2D eigenvalue weighted by Crippen LogP contribution is 2.25. The molecule has 0 aliphatic heterocycles. The summed E-state index contributed by atoms with van der Waals surface area (Å²) in [5, 5.41) is 3.21. The molecule has 4 nitrogen and oxygen atoms in total. The van der Waals surface area contributed by atoms with Crippen LogP contribution in [0.5, 0.6) is 0 Å². The lowest BCUT2D eigenvalue weighted by Crippen LogP contribution is -2.13. The minimum atomic E-state index is 0.697. The first-order valence-electron chi connectivity index (χ1n) is 6.83. The number of fused-ring (bicyclic) bond motifs is 1. The van der Waals surface area contributed by atoms with Gasteiger partial charge in [-0.25, -0.2) is 9.97 Å². The van der Waals surface area contributed by atoms with Crippen LogP contribution >= 0.6 is 0 Å². The van der Waals surface area contributed by atoms with Crippen molar-refractivity contribution in [2.24, 2.45) is 0 Å². The molecule has 1 N–H and O–H groups in total. The van der Waals surface area contributed by atoms with Gasteiger partial charge >= 0.3 is 0 Å². The molecule has 19 heavy (non-hydrogen) atoms. The molecule has 0 saturated heterocycles. The van der Waals surface area contributed by atoms with E-state index in [9.17, 15) is 0 Å². The van der Waals surface area contributed by atoms with E-state index in [-0.39, 0.29) is 0 Å². The average Bonchev–Trinajstić information content (AvgIpc) is 2.47. The van der Waals surface area contributed by atoms with Crippen LogP contribution in [0, 0.1) is 0 Å². The maximum absolute atomic E-state index is 4.73. The number of pyridine rings is 1. The fourth-order valence-corrected chi connectivity index (χ4v) is 2.60. The van der Waals surface area contributed by atoms with Crippen LogP contribution in [0.4, 0.5) is 5.82 Å². The third-order valence-corrected chi connectivity index (χ3v) is 3.53. The molecule has 0 saturated carbocycles. The number of hydrogen-bond donors (Lipinski definition) is 1. The molecule has 98 valence electrons. The largest absolute Gasteiger partial charge is 0.373 e. The molecule has 0 aromatic carbocycles. The summed E-state index contributed by atoms with van der Waals surface area (Å²) in [6, 6.07) is 5.94. The number of nitrogens with zero attached hydrogens (tertiary/aromatic N) is 3. The third kappa shape index (κ3) is 2.57. The normalized spacial score (nSPS) is 13.9. The second kappa shape index (κ2) is 5.34. The molecule has 2 aromatic heterocycles. The Balaban J connectivity index is 1.94. The first-order valence-corrected chi connectivity index (χ1v) is 6.83. The molecule has 0 radical (unpaired) electrons. The standard InChI is InChI=1S/C15H18N4/c1-16-15-12-7-2-3-8-13(12)18-14(19-15)10-11-6-4-5-9-17-11/h4-6,9H,2-3,7-8,10H2,1H3,(H,16,18,19). The van der Waals surface area contributed by atoms with Gasteiger partial charge in [0.25, 0.3) is 0 Å². The van der Waals surface area contributed by atoms with Crippen molar-refractivity contribution in [2.45, 2.75) is 32.1 Å². The van der Waals surface area contributed by atoms with Gasteiger partial charge in [0.05, 0.1) is 6.42 Å². The molecule has 4 heteroatoms. The summed E-state index contributed by atoms with van der Waals surface area (Å²) in [5.41, 5.74) is 3.54. The predicted octanol–water partition coefficient (Wildman–Crippen LogP) is 2.38. The first-order chi connectivity index (χ1) is 9.36. The van der Waals surface area contributed by atoms with E-state index in [2.05, 4.69) is 15.3 Å².